The molecule has 1 saturated heterocycles. The third-order valence-corrected chi connectivity index (χ3v) is 5.03. The second-order valence-electron chi connectivity index (χ2n) is 5.64. The minimum Gasteiger partial charge on any atom is -0.463 e. The molecular weight excluding hydrogens is 332 g/mol. The summed E-state index contributed by atoms with van der Waals surface area (Å²) in [7, 11) is 1.26. The molecule has 1 aliphatic heterocycles. The van der Waals surface area contributed by atoms with E-state index in [9.17, 15) is 14.4 Å². The molecule has 3 rings (SSSR count). The van der Waals surface area contributed by atoms with Crippen LogP contribution in [0.15, 0.2) is 28.0 Å². The van der Waals surface area contributed by atoms with E-state index >= 15 is 0 Å². The van der Waals surface area contributed by atoms with Crippen LogP contribution in [0.1, 0.15) is 33.7 Å². The van der Waals surface area contributed by atoms with Crippen LogP contribution in [-0.4, -0.2) is 29.9 Å². The van der Waals surface area contributed by atoms with Crippen LogP contribution in [0.2, 0.25) is 0 Å². The van der Waals surface area contributed by atoms with E-state index in [1.165, 1.54) is 18.4 Å². The fourth-order valence-corrected chi connectivity index (χ4v) is 3.48. The average Bonchev–Trinajstić information content (AvgIpc) is 3.24. The lowest BCUT2D eigenvalue weighted by molar-refractivity contribution is -0.131. The number of ether oxygens (including phenoxy) is 1. The Labute approximate surface area is 142 Å². The molecule has 0 bridgehead atoms. The van der Waals surface area contributed by atoms with Gasteiger partial charge in [0.1, 0.15) is 5.76 Å². The van der Waals surface area contributed by atoms with Crippen molar-refractivity contribution in [1.82, 2.24) is 10.2 Å². The number of thiophene rings is 1. The molecule has 126 valence electrons. The number of furan rings is 1. The highest BCUT2D eigenvalue weighted by Gasteiger charge is 2.49. The summed E-state index contributed by atoms with van der Waals surface area (Å²) in [6.07, 6.45) is 0. The van der Waals surface area contributed by atoms with Crippen molar-refractivity contribution < 1.29 is 23.5 Å². The smallest absolute Gasteiger partial charge is 0.374 e. The van der Waals surface area contributed by atoms with E-state index in [1.807, 2.05) is 11.4 Å². The Kier molecular flexibility index (Phi) is 3.92. The van der Waals surface area contributed by atoms with Gasteiger partial charge in [-0.1, -0.05) is 6.07 Å². The standard InChI is InChI=1S/C16H16N2O5S/c1-9-7-10(23-12(9)13(19)22-3)8-18-14(20)16(2,17-15(18)21)11-5-4-6-24-11/h4-7H,8H2,1-3H3,(H,17,21)/t16-/m1/s1. The molecule has 24 heavy (non-hydrogen) atoms. The number of urea groups is 1. The minimum atomic E-state index is -1.09. The number of carbonyl (C=O) groups excluding carboxylic acids is 3. The van der Waals surface area contributed by atoms with Crippen molar-refractivity contribution in [3.05, 3.63) is 45.5 Å². The van der Waals surface area contributed by atoms with Gasteiger partial charge in [-0.05, 0) is 31.4 Å². The quantitative estimate of drug-likeness (QED) is 0.677. The molecule has 8 heteroatoms. The van der Waals surface area contributed by atoms with Gasteiger partial charge in [0, 0.05) is 10.4 Å². The fraction of sp³-hybridized carbons (Fsp3) is 0.312. The van der Waals surface area contributed by atoms with Gasteiger partial charge in [-0.3, -0.25) is 9.69 Å². The zero-order chi connectivity index (χ0) is 17.5. The lowest BCUT2D eigenvalue weighted by Crippen LogP contribution is -2.40. The van der Waals surface area contributed by atoms with E-state index in [0.29, 0.717) is 11.3 Å². The van der Waals surface area contributed by atoms with Gasteiger partial charge in [-0.2, -0.15) is 0 Å². The Morgan fingerprint density at radius 2 is 2.21 bits per heavy atom. The van der Waals surface area contributed by atoms with E-state index in [2.05, 4.69) is 10.1 Å². The molecular formula is C16H16N2O5S. The highest BCUT2D eigenvalue weighted by Crippen LogP contribution is 2.32. The van der Waals surface area contributed by atoms with Gasteiger partial charge in [-0.25, -0.2) is 9.59 Å². The second kappa shape index (κ2) is 5.79. The summed E-state index contributed by atoms with van der Waals surface area (Å²) in [4.78, 5) is 38.4. The summed E-state index contributed by atoms with van der Waals surface area (Å²) in [6.45, 7) is 3.32. The van der Waals surface area contributed by atoms with Crippen molar-refractivity contribution in [2.75, 3.05) is 7.11 Å². The van der Waals surface area contributed by atoms with Crippen LogP contribution in [0.5, 0.6) is 0 Å². The van der Waals surface area contributed by atoms with Crippen molar-refractivity contribution in [1.29, 1.82) is 0 Å². The Hall–Kier alpha value is -2.61. The molecule has 0 aliphatic carbocycles. The number of aryl methyl sites for hydroxylation is 1. The third-order valence-electron chi connectivity index (χ3n) is 3.94. The normalized spacial score (nSPS) is 20.4. The Balaban J connectivity index is 1.85. The molecule has 1 atom stereocenters. The molecule has 2 aromatic heterocycles. The summed E-state index contributed by atoms with van der Waals surface area (Å²) in [5, 5.41) is 4.57. The topological polar surface area (TPSA) is 88.8 Å². The van der Waals surface area contributed by atoms with Gasteiger partial charge >= 0.3 is 12.0 Å². The minimum absolute atomic E-state index is 0.0521. The number of nitrogens with one attached hydrogen (secondary N) is 1. The van der Waals surface area contributed by atoms with Crippen molar-refractivity contribution in [3.8, 4) is 0 Å². The van der Waals surface area contributed by atoms with Crippen LogP contribution < -0.4 is 5.32 Å². The molecule has 0 spiro atoms. The summed E-state index contributed by atoms with van der Waals surface area (Å²) >= 11 is 1.40. The maximum absolute atomic E-state index is 12.7. The first-order chi connectivity index (χ1) is 11.4. The molecule has 3 amide bonds. The maximum Gasteiger partial charge on any atom is 0.374 e. The molecule has 1 N–H and O–H groups in total. The van der Waals surface area contributed by atoms with Crippen molar-refractivity contribution in [2.24, 2.45) is 0 Å². The fourth-order valence-electron chi connectivity index (χ4n) is 2.65. The largest absolute Gasteiger partial charge is 0.463 e. The lowest BCUT2D eigenvalue weighted by Gasteiger charge is -2.19. The van der Waals surface area contributed by atoms with Crippen LogP contribution in [0.3, 0.4) is 0 Å². The number of hydrogen-bond donors (Lipinski definition) is 1. The van der Waals surface area contributed by atoms with Crippen LogP contribution in [-0.2, 0) is 21.6 Å². The lowest BCUT2D eigenvalue weighted by atomic mass is 10.0. The first-order valence-corrected chi connectivity index (χ1v) is 8.10. The van der Waals surface area contributed by atoms with Crippen LogP contribution in [0.25, 0.3) is 0 Å². The highest BCUT2D eigenvalue weighted by atomic mass is 32.1. The number of imide groups is 1. The molecule has 0 radical (unpaired) electrons. The van der Waals surface area contributed by atoms with Crippen molar-refractivity contribution >= 4 is 29.2 Å². The molecule has 0 unspecified atom stereocenters. The van der Waals surface area contributed by atoms with Gasteiger partial charge in [0.25, 0.3) is 5.91 Å². The monoisotopic (exact) mass is 348 g/mol. The Morgan fingerprint density at radius 1 is 1.46 bits per heavy atom. The summed E-state index contributed by atoms with van der Waals surface area (Å²) < 4.78 is 10.1. The van der Waals surface area contributed by atoms with Gasteiger partial charge in [0.2, 0.25) is 5.76 Å². The van der Waals surface area contributed by atoms with E-state index in [0.717, 1.165) is 9.78 Å². The Bertz CT molecular complexity index is 811. The molecule has 0 saturated carbocycles. The summed E-state index contributed by atoms with van der Waals surface area (Å²) in [5.41, 5.74) is -0.497. The van der Waals surface area contributed by atoms with Gasteiger partial charge in [0.15, 0.2) is 5.54 Å². The van der Waals surface area contributed by atoms with E-state index in [4.69, 9.17) is 4.42 Å². The molecule has 2 aromatic rings. The number of amides is 3. The van der Waals surface area contributed by atoms with E-state index in [-0.39, 0.29) is 18.2 Å². The zero-order valence-electron chi connectivity index (χ0n) is 13.4. The molecule has 7 nitrogen and oxygen atoms in total. The molecule has 1 aliphatic rings. The zero-order valence-corrected chi connectivity index (χ0v) is 14.2. The van der Waals surface area contributed by atoms with Gasteiger partial charge < -0.3 is 14.5 Å². The number of methoxy groups -OCH3 is 1. The number of rotatable bonds is 4. The number of carbonyl (C=O) groups is 3. The number of esters is 1. The van der Waals surface area contributed by atoms with Gasteiger partial charge in [-0.15, -0.1) is 11.3 Å². The average molecular weight is 348 g/mol. The second-order valence-corrected chi connectivity index (χ2v) is 6.59. The maximum atomic E-state index is 12.7. The summed E-state index contributed by atoms with van der Waals surface area (Å²) in [6, 6.07) is 4.75. The first-order valence-electron chi connectivity index (χ1n) is 7.22. The van der Waals surface area contributed by atoms with Crippen LogP contribution in [0, 0.1) is 6.92 Å². The van der Waals surface area contributed by atoms with Crippen LogP contribution in [0.4, 0.5) is 4.79 Å². The number of nitrogens with zero attached hydrogens (tertiary/aromatic N) is 1. The first kappa shape index (κ1) is 16.3. The Morgan fingerprint density at radius 3 is 2.83 bits per heavy atom. The number of hydrogen-bond acceptors (Lipinski definition) is 6. The van der Waals surface area contributed by atoms with E-state index in [1.54, 1.807) is 26.0 Å². The predicted molar refractivity (Wildman–Crippen MR) is 85.5 cm³/mol. The van der Waals surface area contributed by atoms with Crippen LogP contribution >= 0.6 is 11.3 Å². The third kappa shape index (κ3) is 2.48. The predicted octanol–water partition coefficient (Wildman–Crippen LogP) is 2.40. The van der Waals surface area contributed by atoms with Gasteiger partial charge in [0.05, 0.1) is 13.7 Å². The summed E-state index contributed by atoms with van der Waals surface area (Å²) in [5.74, 6) is -0.546. The van der Waals surface area contributed by atoms with Crippen molar-refractivity contribution in [2.45, 2.75) is 25.9 Å². The molecule has 0 aromatic carbocycles. The van der Waals surface area contributed by atoms with Crippen molar-refractivity contribution in [3.63, 3.8) is 0 Å². The van der Waals surface area contributed by atoms with E-state index < -0.39 is 17.5 Å². The molecule has 3 heterocycles. The SMILES string of the molecule is COC(=O)c1oc(CN2C(=O)N[C@](C)(c3cccs3)C2=O)cc1C. The molecule has 1 fully saturated rings. The highest BCUT2D eigenvalue weighted by molar-refractivity contribution is 7.10.